The Morgan fingerprint density at radius 3 is 1.67 bits per heavy atom. The highest BCUT2D eigenvalue weighted by Gasteiger charge is 2.34. The summed E-state index contributed by atoms with van der Waals surface area (Å²) < 4.78 is 5.60. The Morgan fingerprint density at radius 1 is 0.741 bits per heavy atom. The first-order valence-electron chi connectivity index (χ1n) is 7.99. The van der Waals surface area contributed by atoms with Gasteiger partial charge in [-0.05, 0) is 29.8 Å². The molecule has 4 rings (SSSR count). The van der Waals surface area contributed by atoms with E-state index in [0.29, 0.717) is 16.7 Å². The van der Waals surface area contributed by atoms with E-state index in [-0.39, 0.29) is 17.1 Å². The lowest BCUT2D eigenvalue weighted by molar-refractivity contribution is 0.0697. The van der Waals surface area contributed by atoms with Crippen LogP contribution in [0.1, 0.15) is 33.0 Å². The van der Waals surface area contributed by atoms with Gasteiger partial charge in [0.2, 0.25) is 11.5 Å². The lowest BCUT2D eigenvalue weighted by atomic mass is 9.82. The first kappa shape index (κ1) is 16.6. The predicted molar refractivity (Wildman–Crippen MR) is 94.0 cm³/mol. The van der Waals surface area contributed by atoms with Crippen LogP contribution in [0.15, 0.2) is 48.5 Å². The van der Waals surface area contributed by atoms with Crippen molar-refractivity contribution in [2.24, 2.45) is 0 Å². The third-order valence-corrected chi connectivity index (χ3v) is 4.60. The zero-order valence-electron chi connectivity index (χ0n) is 13.7. The molecule has 0 saturated heterocycles. The summed E-state index contributed by atoms with van der Waals surface area (Å²) in [7, 11) is 0. The molecule has 0 amide bonds. The molecule has 0 saturated carbocycles. The van der Waals surface area contributed by atoms with Crippen LogP contribution in [-0.4, -0.2) is 31.5 Å². The molecule has 0 aliphatic carbocycles. The highest BCUT2D eigenvalue weighted by atomic mass is 16.5. The minimum atomic E-state index is -1.06. The van der Waals surface area contributed by atoms with Crippen LogP contribution in [0.2, 0.25) is 0 Å². The molecule has 3 aromatic carbocycles. The Bertz CT molecular complexity index is 1010. The second-order valence-corrected chi connectivity index (χ2v) is 6.17. The summed E-state index contributed by atoms with van der Waals surface area (Å²) in [5.74, 6) is -3.44. The minimum absolute atomic E-state index is 0.0456. The van der Waals surface area contributed by atoms with E-state index >= 15 is 0 Å². The molecule has 0 bridgehead atoms. The fraction of sp³-hybridized carbons (Fsp3) is 0.0500. The number of hydrogen-bond acceptors (Lipinski definition) is 6. The maximum Gasteiger partial charge on any atom is 0.335 e. The topological polar surface area (TPSA) is 127 Å². The number of hydrogen-bond donors (Lipinski definition) is 5. The Kier molecular flexibility index (Phi) is 3.59. The van der Waals surface area contributed by atoms with Crippen molar-refractivity contribution in [1.29, 1.82) is 0 Å². The van der Waals surface area contributed by atoms with E-state index in [2.05, 4.69) is 0 Å². The normalized spacial score (nSPS) is 12.7. The van der Waals surface area contributed by atoms with Gasteiger partial charge in [-0.25, -0.2) is 4.79 Å². The largest absolute Gasteiger partial charge is 0.504 e. The lowest BCUT2D eigenvalue weighted by Crippen LogP contribution is -2.12. The number of aromatic carboxylic acids is 1. The number of fused-ring (bicyclic) bond motifs is 2. The van der Waals surface area contributed by atoms with Gasteiger partial charge in [-0.3, -0.25) is 0 Å². The molecule has 3 aromatic rings. The quantitative estimate of drug-likeness (QED) is 0.344. The summed E-state index contributed by atoms with van der Waals surface area (Å²) in [6.07, 6.45) is 0. The van der Waals surface area contributed by atoms with Crippen LogP contribution in [0.5, 0.6) is 34.5 Å². The standard InChI is InChI=1S/C20H14O7/c21-13-7-5-11-15(9-1-3-10(4-2-9)20(25)26)12-6-8-14(22)17(24)19(12)27-18(11)16(13)23/h1-8,15,21-24H,(H,25,26). The van der Waals surface area contributed by atoms with E-state index in [1.165, 1.54) is 24.3 Å². The van der Waals surface area contributed by atoms with Gasteiger partial charge in [-0.15, -0.1) is 0 Å². The summed E-state index contributed by atoms with van der Waals surface area (Å²) in [5, 5.41) is 49.1. The number of carboxylic acids is 1. The van der Waals surface area contributed by atoms with E-state index in [4.69, 9.17) is 9.84 Å². The molecule has 1 heterocycles. The van der Waals surface area contributed by atoms with E-state index in [1.54, 1.807) is 24.3 Å². The first-order valence-corrected chi connectivity index (χ1v) is 7.99. The Balaban J connectivity index is 1.97. The first-order chi connectivity index (χ1) is 12.9. The maximum absolute atomic E-state index is 11.1. The predicted octanol–water partition coefficient (Wildman–Crippen LogP) is 3.49. The van der Waals surface area contributed by atoms with Gasteiger partial charge in [0.15, 0.2) is 23.0 Å². The number of rotatable bonds is 2. The fourth-order valence-electron chi connectivity index (χ4n) is 3.27. The van der Waals surface area contributed by atoms with Gasteiger partial charge in [-0.2, -0.15) is 0 Å². The average Bonchev–Trinajstić information content (AvgIpc) is 2.66. The third kappa shape index (κ3) is 2.48. The van der Waals surface area contributed by atoms with Gasteiger partial charge >= 0.3 is 5.97 Å². The molecule has 0 fully saturated rings. The molecule has 5 N–H and O–H groups in total. The molecule has 0 aromatic heterocycles. The van der Waals surface area contributed by atoms with Gasteiger partial charge in [-0.1, -0.05) is 24.3 Å². The molecule has 0 radical (unpaired) electrons. The highest BCUT2D eigenvalue weighted by Crippen LogP contribution is 2.56. The summed E-state index contributed by atoms with van der Waals surface area (Å²) in [6.45, 7) is 0. The number of benzene rings is 3. The summed E-state index contributed by atoms with van der Waals surface area (Å²) in [6, 6.07) is 11.9. The molecule has 0 spiro atoms. The second-order valence-electron chi connectivity index (χ2n) is 6.17. The molecule has 27 heavy (non-hydrogen) atoms. The van der Waals surface area contributed by atoms with Crippen molar-refractivity contribution in [3.8, 4) is 34.5 Å². The zero-order valence-corrected chi connectivity index (χ0v) is 13.7. The summed E-state index contributed by atoms with van der Waals surface area (Å²) in [4.78, 5) is 11.1. The zero-order chi connectivity index (χ0) is 19.3. The van der Waals surface area contributed by atoms with Crippen LogP contribution >= 0.6 is 0 Å². The fourth-order valence-corrected chi connectivity index (χ4v) is 3.27. The van der Waals surface area contributed by atoms with Crippen LogP contribution in [0.4, 0.5) is 0 Å². The third-order valence-electron chi connectivity index (χ3n) is 4.60. The van der Waals surface area contributed by atoms with E-state index in [9.17, 15) is 25.2 Å². The number of carboxylic acid groups (broad SMARTS) is 1. The molecule has 0 unspecified atom stereocenters. The Labute approximate surface area is 153 Å². The molecular formula is C20H14O7. The number of carbonyl (C=O) groups is 1. The molecule has 1 aliphatic rings. The van der Waals surface area contributed by atoms with E-state index in [0.717, 1.165) is 0 Å². The second kappa shape index (κ2) is 5.84. The van der Waals surface area contributed by atoms with Crippen molar-refractivity contribution in [2.75, 3.05) is 0 Å². The van der Waals surface area contributed by atoms with Crippen LogP contribution in [0.3, 0.4) is 0 Å². The van der Waals surface area contributed by atoms with Crippen molar-refractivity contribution < 1.29 is 35.1 Å². The minimum Gasteiger partial charge on any atom is -0.504 e. The number of aromatic hydroxyl groups is 4. The molecular weight excluding hydrogens is 352 g/mol. The van der Waals surface area contributed by atoms with E-state index < -0.39 is 34.9 Å². The average molecular weight is 366 g/mol. The van der Waals surface area contributed by atoms with Gasteiger partial charge in [0.05, 0.1) is 5.56 Å². The van der Waals surface area contributed by atoms with Crippen molar-refractivity contribution in [2.45, 2.75) is 5.92 Å². The Hall–Kier alpha value is -3.87. The molecule has 7 nitrogen and oxygen atoms in total. The van der Waals surface area contributed by atoms with Crippen LogP contribution in [-0.2, 0) is 0 Å². The van der Waals surface area contributed by atoms with Crippen molar-refractivity contribution >= 4 is 5.97 Å². The lowest BCUT2D eigenvalue weighted by Gasteiger charge is -2.29. The molecule has 1 aliphatic heterocycles. The van der Waals surface area contributed by atoms with Crippen LogP contribution < -0.4 is 4.74 Å². The van der Waals surface area contributed by atoms with Crippen LogP contribution in [0.25, 0.3) is 0 Å². The van der Waals surface area contributed by atoms with Crippen molar-refractivity contribution in [3.63, 3.8) is 0 Å². The van der Waals surface area contributed by atoms with Crippen LogP contribution in [0, 0.1) is 0 Å². The molecule has 7 heteroatoms. The highest BCUT2D eigenvalue weighted by molar-refractivity contribution is 5.87. The number of phenolic OH excluding ortho intramolecular Hbond substituents is 4. The number of phenols is 4. The Morgan fingerprint density at radius 2 is 1.22 bits per heavy atom. The van der Waals surface area contributed by atoms with E-state index in [1.807, 2.05) is 0 Å². The number of ether oxygens (including phenoxy) is 1. The van der Waals surface area contributed by atoms with Crippen molar-refractivity contribution in [1.82, 2.24) is 0 Å². The SMILES string of the molecule is O=C(O)c1ccc(C2c3ccc(O)c(O)c3Oc3c2ccc(O)c3O)cc1. The molecule has 136 valence electrons. The van der Waals surface area contributed by atoms with Gasteiger partial charge in [0, 0.05) is 17.0 Å². The summed E-state index contributed by atoms with van der Waals surface area (Å²) >= 11 is 0. The van der Waals surface area contributed by atoms with Gasteiger partial charge in [0.1, 0.15) is 0 Å². The smallest absolute Gasteiger partial charge is 0.335 e. The van der Waals surface area contributed by atoms with Gasteiger partial charge < -0.3 is 30.3 Å². The maximum atomic E-state index is 11.1. The summed E-state index contributed by atoms with van der Waals surface area (Å²) in [5.41, 5.74) is 1.84. The molecule has 0 atom stereocenters. The van der Waals surface area contributed by atoms with Gasteiger partial charge in [0.25, 0.3) is 0 Å². The monoisotopic (exact) mass is 366 g/mol. The van der Waals surface area contributed by atoms with Crippen molar-refractivity contribution in [3.05, 3.63) is 70.8 Å².